The Balaban J connectivity index is 3.45. The maximum absolute atomic E-state index is 12.2. The molecule has 0 aromatic heterocycles. The van der Waals surface area contributed by atoms with Gasteiger partial charge < -0.3 is 21.3 Å². The van der Waals surface area contributed by atoms with Gasteiger partial charge in [-0.25, -0.2) is 0 Å². The summed E-state index contributed by atoms with van der Waals surface area (Å²) in [4.78, 5) is 24.4. The zero-order chi connectivity index (χ0) is 30.9. The topological polar surface area (TPSA) is 82.3 Å². The Bertz CT molecular complexity index is 537. The molecule has 2 unspecified atom stereocenters. The molecule has 2 amide bonds. The highest BCUT2D eigenvalue weighted by Crippen LogP contribution is 2.13. The van der Waals surface area contributed by atoms with Crippen LogP contribution < -0.4 is 21.3 Å². The van der Waals surface area contributed by atoms with Crippen LogP contribution in [0.2, 0.25) is 0 Å². The molecule has 0 radical (unpaired) electrons. The van der Waals surface area contributed by atoms with Crippen molar-refractivity contribution in [2.45, 2.75) is 194 Å². The number of hydrogen-bond donors (Lipinski definition) is 4. The van der Waals surface area contributed by atoms with Gasteiger partial charge in [-0.3, -0.25) is 9.59 Å². The van der Waals surface area contributed by atoms with Gasteiger partial charge in [-0.15, -0.1) is 0 Å². The Morgan fingerprint density at radius 3 is 1.02 bits per heavy atom. The number of hydrogen-bond acceptors (Lipinski definition) is 4. The predicted molar refractivity (Wildman–Crippen MR) is 183 cm³/mol. The van der Waals surface area contributed by atoms with Gasteiger partial charge in [0.1, 0.15) is 0 Å². The number of unbranched alkanes of at least 4 members (excludes halogenated alkanes) is 18. The Kier molecular flexibility index (Phi) is 31.9. The van der Waals surface area contributed by atoms with E-state index in [0.717, 1.165) is 25.9 Å². The minimum Gasteiger partial charge on any atom is -0.354 e. The summed E-state index contributed by atoms with van der Waals surface area (Å²) in [6.07, 6.45) is 30.1. The van der Waals surface area contributed by atoms with Crippen LogP contribution in [0, 0.1) is 0 Å². The Labute approximate surface area is 262 Å². The number of carbonyl (C=O) groups is 2. The summed E-state index contributed by atoms with van der Waals surface area (Å²) >= 11 is 0. The summed E-state index contributed by atoms with van der Waals surface area (Å²) in [5, 5.41) is 12.9. The Morgan fingerprint density at radius 1 is 0.429 bits per heavy atom. The van der Waals surface area contributed by atoms with Crippen LogP contribution in [0.4, 0.5) is 0 Å². The van der Waals surface area contributed by atoms with Gasteiger partial charge in [0.2, 0.25) is 11.8 Å². The van der Waals surface area contributed by atoms with Crippen molar-refractivity contribution in [2.24, 2.45) is 0 Å². The van der Waals surface area contributed by atoms with Crippen LogP contribution in [0.15, 0.2) is 0 Å². The molecule has 6 heteroatoms. The molecule has 4 N–H and O–H groups in total. The van der Waals surface area contributed by atoms with E-state index >= 15 is 0 Å². The highest BCUT2D eigenvalue weighted by molar-refractivity contribution is 5.76. The third-order valence-electron chi connectivity index (χ3n) is 8.33. The van der Waals surface area contributed by atoms with Crippen molar-refractivity contribution in [3.63, 3.8) is 0 Å². The molecule has 0 aliphatic carbocycles. The van der Waals surface area contributed by atoms with E-state index in [-0.39, 0.29) is 23.9 Å². The van der Waals surface area contributed by atoms with Crippen molar-refractivity contribution in [2.75, 3.05) is 26.2 Å². The molecule has 0 rings (SSSR count). The maximum atomic E-state index is 12.2. The highest BCUT2D eigenvalue weighted by Gasteiger charge is 2.08. The lowest BCUT2D eigenvalue weighted by Crippen LogP contribution is -2.37. The third-order valence-corrected chi connectivity index (χ3v) is 8.33. The molecule has 0 aliphatic heterocycles. The molecule has 0 spiro atoms. The van der Waals surface area contributed by atoms with E-state index < -0.39 is 0 Å². The average molecular weight is 595 g/mol. The third kappa shape index (κ3) is 31.8. The van der Waals surface area contributed by atoms with Crippen molar-refractivity contribution in [3.05, 3.63) is 0 Å². The first-order valence-electron chi connectivity index (χ1n) is 18.5. The monoisotopic (exact) mass is 595 g/mol. The van der Waals surface area contributed by atoms with E-state index in [2.05, 4.69) is 49.0 Å². The average Bonchev–Trinajstić information content (AvgIpc) is 2.96. The zero-order valence-corrected chi connectivity index (χ0v) is 28.8. The lowest BCUT2D eigenvalue weighted by Gasteiger charge is -2.14. The lowest BCUT2D eigenvalue weighted by molar-refractivity contribution is -0.122. The largest absolute Gasteiger partial charge is 0.354 e. The van der Waals surface area contributed by atoms with Crippen molar-refractivity contribution in [1.29, 1.82) is 0 Å². The minimum absolute atomic E-state index is 0.138. The van der Waals surface area contributed by atoms with E-state index in [1.165, 1.54) is 128 Å². The highest BCUT2D eigenvalue weighted by atomic mass is 16.2. The fourth-order valence-electron chi connectivity index (χ4n) is 5.54. The first-order chi connectivity index (χ1) is 20.5. The van der Waals surface area contributed by atoms with Crippen LogP contribution in [-0.4, -0.2) is 50.1 Å². The van der Waals surface area contributed by atoms with Crippen molar-refractivity contribution >= 4 is 11.8 Å². The first-order valence-corrected chi connectivity index (χ1v) is 18.5. The van der Waals surface area contributed by atoms with Crippen molar-refractivity contribution < 1.29 is 9.59 Å². The number of amides is 2. The van der Waals surface area contributed by atoms with Gasteiger partial charge in [0, 0.05) is 51.1 Å². The molecule has 6 nitrogen and oxygen atoms in total. The number of carbonyl (C=O) groups excluding carboxylic acids is 2. The van der Waals surface area contributed by atoms with Crippen LogP contribution in [-0.2, 0) is 9.59 Å². The summed E-state index contributed by atoms with van der Waals surface area (Å²) < 4.78 is 0. The fraction of sp³-hybridized carbons (Fsp3) is 0.944. The SMILES string of the molecule is CCCCCCCCCCCCC(C)NC(=O)CCNCCNCCC(=O)NC(C)CCCCCCCCCCCC. The van der Waals surface area contributed by atoms with Gasteiger partial charge in [0.15, 0.2) is 0 Å². The van der Waals surface area contributed by atoms with E-state index in [9.17, 15) is 9.59 Å². The molecule has 0 heterocycles. The van der Waals surface area contributed by atoms with E-state index in [0.29, 0.717) is 25.9 Å². The van der Waals surface area contributed by atoms with Crippen LogP contribution >= 0.6 is 0 Å². The summed E-state index contributed by atoms with van der Waals surface area (Å²) in [6.45, 7) is 11.8. The summed E-state index contributed by atoms with van der Waals surface area (Å²) in [5.74, 6) is 0.275. The molecule has 0 aromatic rings. The first kappa shape index (κ1) is 40.9. The van der Waals surface area contributed by atoms with E-state index in [1.54, 1.807) is 0 Å². The van der Waals surface area contributed by atoms with Crippen LogP contribution in [0.3, 0.4) is 0 Å². The number of rotatable bonds is 33. The second-order valence-corrected chi connectivity index (χ2v) is 12.9. The van der Waals surface area contributed by atoms with Gasteiger partial charge in [0.25, 0.3) is 0 Å². The van der Waals surface area contributed by atoms with E-state index in [1.807, 2.05) is 0 Å². The molecule has 0 aliphatic rings. The van der Waals surface area contributed by atoms with Crippen LogP contribution in [0.5, 0.6) is 0 Å². The minimum atomic E-state index is 0.138. The van der Waals surface area contributed by atoms with Gasteiger partial charge in [0.05, 0.1) is 0 Å². The van der Waals surface area contributed by atoms with Crippen LogP contribution in [0.1, 0.15) is 182 Å². The van der Waals surface area contributed by atoms with Gasteiger partial charge in [-0.1, -0.05) is 142 Å². The lowest BCUT2D eigenvalue weighted by atomic mass is 10.0. The smallest absolute Gasteiger partial charge is 0.221 e. The molecule has 0 aromatic carbocycles. The van der Waals surface area contributed by atoms with Crippen molar-refractivity contribution in [3.8, 4) is 0 Å². The molecule has 0 bridgehead atoms. The predicted octanol–water partition coefficient (Wildman–Crippen LogP) is 8.58. The molecule has 0 saturated carbocycles. The molecule has 42 heavy (non-hydrogen) atoms. The number of nitrogens with one attached hydrogen (secondary N) is 4. The second-order valence-electron chi connectivity index (χ2n) is 12.9. The van der Waals surface area contributed by atoms with Crippen LogP contribution in [0.25, 0.3) is 0 Å². The normalized spacial score (nSPS) is 12.8. The van der Waals surface area contributed by atoms with Gasteiger partial charge >= 0.3 is 0 Å². The molecule has 0 fully saturated rings. The van der Waals surface area contributed by atoms with Crippen molar-refractivity contribution in [1.82, 2.24) is 21.3 Å². The summed E-state index contributed by atoms with van der Waals surface area (Å²) in [7, 11) is 0. The fourth-order valence-corrected chi connectivity index (χ4v) is 5.54. The van der Waals surface area contributed by atoms with Gasteiger partial charge in [-0.05, 0) is 26.7 Å². The maximum Gasteiger partial charge on any atom is 0.221 e. The Hall–Kier alpha value is -1.14. The van der Waals surface area contributed by atoms with Gasteiger partial charge in [-0.2, -0.15) is 0 Å². The zero-order valence-electron chi connectivity index (χ0n) is 28.8. The molecular weight excluding hydrogens is 520 g/mol. The molecule has 2 atom stereocenters. The Morgan fingerprint density at radius 2 is 0.714 bits per heavy atom. The standard InChI is InChI=1S/C36H74N4O2/c1-5-7-9-11-13-15-17-19-21-23-25-33(3)39-35(41)27-29-37-31-32-38-30-28-36(42)40-34(4)26-24-22-20-18-16-14-12-10-8-6-2/h33-34,37-38H,5-32H2,1-4H3,(H,39,41)(H,40,42). The molecule has 250 valence electrons. The van der Waals surface area contributed by atoms with E-state index in [4.69, 9.17) is 0 Å². The summed E-state index contributed by atoms with van der Waals surface area (Å²) in [5.41, 5.74) is 0. The molecular formula is C36H74N4O2. The molecule has 0 saturated heterocycles. The quantitative estimate of drug-likeness (QED) is 0.0574. The summed E-state index contributed by atoms with van der Waals surface area (Å²) in [6, 6.07) is 0.522. The second kappa shape index (κ2) is 32.8.